The zero-order chi connectivity index (χ0) is 17.1. The van der Waals surface area contributed by atoms with Crippen molar-refractivity contribution < 1.29 is 4.74 Å². The Bertz CT molecular complexity index is 856. The molecule has 0 unspecified atom stereocenters. The minimum Gasteiger partial charge on any atom is -0.497 e. The zero-order valence-corrected chi connectivity index (χ0v) is 14.5. The van der Waals surface area contributed by atoms with Crippen LogP contribution in [0.3, 0.4) is 0 Å². The summed E-state index contributed by atoms with van der Waals surface area (Å²) in [6, 6.07) is 21.2. The van der Waals surface area contributed by atoms with Crippen molar-refractivity contribution in [2.45, 2.75) is 13.8 Å². The SMILES string of the molecule is C=Cc1ccc(-c2ccc(-c3ccc(OC)cc3)c(C)c2C)cc1. The molecule has 1 nitrogen and oxygen atoms in total. The third-order valence-corrected chi connectivity index (χ3v) is 4.65. The molecule has 3 aromatic rings. The Morgan fingerprint density at radius 2 is 1.17 bits per heavy atom. The molecule has 0 N–H and O–H groups in total. The molecule has 0 radical (unpaired) electrons. The molecule has 0 spiro atoms. The van der Waals surface area contributed by atoms with Crippen molar-refractivity contribution in [2.24, 2.45) is 0 Å². The molecule has 3 aromatic carbocycles. The monoisotopic (exact) mass is 314 g/mol. The summed E-state index contributed by atoms with van der Waals surface area (Å²) in [6.07, 6.45) is 1.87. The van der Waals surface area contributed by atoms with Crippen LogP contribution in [0.25, 0.3) is 28.3 Å². The van der Waals surface area contributed by atoms with E-state index in [0.29, 0.717) is 0 Å². The van der Waals surface area contributed by atoms with Crippen LogP contribution in [0.1, 0.15) is 16.7 Å². The van der Waals surface area contributed by atoms with Crippen LogP contribution in [0.2, 0.25) is 0 Å². The van der Waals surface area contributed by atoms with E-state index >= 15 is 0 Å². The predicted octanol–water partition coefficient (Wildman–Crippen LogP) is 6.29. The van der Waals surface area contributed by atoms with Crippen molar-refractivity contribution in [3.05, 3.63) is 83.9 Å². The summed E-state index contributed by atoms with van der Waals surface area (Å²) in [5.74, 6) is 0.882. The van der Waals surface area contributed by atoms with E-state index in [9.17, 15) is 0 Å². The third kappa shape index (κ3) is 2.98. The number of benzene rings is 3. The predicted molar refractivity (Wildman–Crippen MR) is 103 cm³/mol. The van der Waals surface area contributed by atoms with Crippen LogP contribution in [0.4, 0.5) is 0 Å². The molecule has 0 aliphatic heterocycles. The highest BCUT2D eigenvalue weighted by atomic mass is 16.5. The van der Waals surface area contributed by atoms with Gasteiger partial charge in [-0.1, -0.05) is 61.2 Å². The van der Waals surface area contributed by atoms with Crippen LogP contribution in [0, 0.1) is 13.8 Å². The van der Waals surface area contributed by atoms with Gasteiger partial charge in [0.2, 0.25) is 0 Å². The van der Waals surface area contributed by atoms with Gasteiger partial charge in [0.05, 0.1) is 7.11 Å². The lowest BCUT2D eigenvalue weighted by Crippen LogP contribution is -1.92. The number of methoxy groups -OCH3 is 1. The van der Waals surface area contributed by atoms with E-state index in [-0.39, 0.29) is 0 Å². The molecule has 0 aliphatic carbocycles. The lowest BCUT2D eigenvalue weighted by molar-refractivity contribution is 0.415. The average molecular weight is 314 g/mol. The maximum Gasteiger partial charge on any atom is 0.118 e. The summed E-state index contributed by atoms with van der Waals surface area (Å²) >= 11 is 0. The summed E-state index contributed by atoms with van der Waals surface area (Å²) in [5, 5.41) is 0. The molecule has 0 fully saturated rings. The van der Waals surface area contributed by atoms with Crippen LogP contribution in [0.15, 0.2) is 67.2 Å². The molecule has 0 aliphatic rings. The summed E-state index contributed by atoms with van der Waals surface area (Å²) in [4.78, 5) is 0. The van der Waals surface area contributed by atoms with E-state index in [1.807, 2.05) is 18.2 Å². The van der Waals surface area contributed by atoms with Crippen molar-refractivity contribution >= 4 is 6.08 Å². The molecule has 0 heterocycles. The van der Waals surface area contributed by atoms with Gasteiger partial charge >= 0.3 is 0 Å². The largest absolute Gasteiger partial charge is 0.497 e. The first kappa shape index (κ1) is 16.1. The van der Waals surface area contributed by atoms with Gasteiger partial charge in [-0.3, -0.25) is 0 Å². The Morgan fingerprint density at radius 3 is 1.58 bits per heavy atom. The van der Waals surface area contributed by atoms with Gasteiger partial charge in [0.1, 0.15) is 5.75 Å². The fourth-order valence-corrected chi connectivity index (χ4v) is 3.02. The third-order valence-electron chi connectivity index (χ3n) is 4.65. The quantitative estimate of drug-likeness (QED) is 0.550. The van der Waals surface area contributed by atoms with Gasteiger partial charge in [0.15, 0.2) is 0 Å². The Morgan fingerprint density at radius 1 is 0.708 bits per heavy atom. The lowest BCUT2D eigenvalue weighted by Gasteiger charge is -2.14. The smallest absolute Gasteiger partial charge is 0.118 e. The number of rotatable bonds is 4. The minimum absolute atomic E-state index is 0.882. The van der Waals surface area contributed by atoms with Crippen molar-refractivity contribution in [3.8, 4) is 28.0 Å². The molecular weight excluding hydrogens is 292 g/mol. The molecule has 1 heteroatoms. The first-order chi connectivity index (χ1) is 11.6. The molecule has 0 amide bonds. The van der Waals surface area contributed by atoms with Crippen LogP contribution >= 0.6 is 0 Å². The average Bonchev–Trinajstić information content (AvgIpc) is 2.64. The second-order valence-corrected chi connectivity index (χ2v) is 5.97. The van der Waals surface area contributed by atoms with Crippen LogP contribution in [-0.2, 0) is 0 Å². The van der Waals surface area contributed by atoms with Crippen LogP contribution in [0.5, 0.6) is 5.75 Å². The fraction of sp³-hybridized carbons (Fsp3) is 0.130. The van der Waals surface area contributed by atoms with E-state index in [1.54, 1.807) is 7.11 Å². The minimum atomic E-state index is 0.882. The highest BCUT2D eigenvalue weighted by Gasteiger charge is 2.10. The molecule has 0 atom stereocenters. The van der Waals surface area contributed by atoms with Gasteiger partial charge < -0.3 is 4.74 Å². The molecular formula is C23H22O. The van der Waals surface area contributed by atoms with Gasteiger partial charge in [-0.05, 0) is 64.9 Å². The topological polar surface area (TPSA) is 9.23 Å². The van der Waals surface area contributed by atoms with Gasteiger partial charge in [-0.2, -0.15) is 0 Å². The summed E-state index contributed by atoms with van der Waals surface area (Å²) in [7, 11) is 1.69. The summed E-state index contributed by atoms with van der Waals surface area (Å²) in [6.45, 7) is 8.20. The molecule has 24 heavy (non-hydrogen) atoms. The van der Waals surface area contributed by atoms with Gasteiger partial charge in [0, 0.05) is 0 Å². The number of hydrogen-bond acceptors (Lipinski definition) is 1. The van der Waals surface area contributed by atoms with E-state index in [2.05, 4.69) is 69.0 Å². The first-order valence-corrected chi connectivity index (χ1v) is 8.11. The maximum absolute atomic E-state index is 5.25. The fourth-order valence-electron chi connectivity index (χ4n) is 3.02. The summed E-state index contributed by atoms with van der Waals surface area (Å²) in [5.41, 5.74) is 8.76. The lowest BCUT2D eigenvalue weighted by atomic mass is 9.90. The van der Waals surface area contributed by atoms with Gasteiger partial charge in [0.25, 0.3) is 0 Å². The Hall–Kier alpha value is -2.80. The summed E-state index contributed by atoms with van der Waals surface area (Å²) < 4.78 is 5.25. The molecule has 0 saturated carbocycles. The standard InChI is InChI=1S/C23H22O/c1-5-18-6-8-19(9-7-18)22-14-15-23(17(3)16(22)2)20-10-12-21(24-4)13-11-20/h5-15H,1H2,2-4H3. The van der Waals surface area contributed by atoms with Crippen LogP contribution in [-0.4, -0.2) is 7.11 Å². The van der Waals surface area contributed by atoms with Crippen LogP contribution < -0.4 is 4.74 Å². The zero-order valence-electron chi connectivity index (χ0n) is 14.5. The molecule has 0 saturated heterocycles. The highest BCUT2D eigenvalue weighted by molar-refractivity contribution is 5.77. The van der Waals surface area contributed by atoms with E-state index < -0.39 is 0 Å². The molecule has 120 valence electrons. The maximum atomic E-state index is 5.25. The van der Waals surface area contributed by atoms with Crippen molar-refractivity contribution in [3.63, 3.8) is 0 Å². The second-order valence-electron chi connectivity index (χ2n) is 5.97. The van der Waals surface area contributed by atoms with Crippen molar-refractivity contribution in [2.75, 3.05) is 7.11 Å². The molecule has 0 bridgehead atoms. The Labute approximate surface area is 144 Å². The Kier molecular flexibility index (Phi) is 4.52. The number of ether oxygens (including phenoxy) is 1. The van der Waals surface area contributed by atoms with Crippen molar-refractivity contribution in [1.82, 2.24) is 0 Å². The normalized spacial score (nSPS) is 10.5. The van der Waals surface area contributed by atoms with E-state index in [4.69, 9.17) is 4.74 Å². The number of hydrogen-bond donors (Lipinski definition) is 0. The second kappa shape index (κ2) is 6.76. The van der Waals surface area contributed by atoms with E-state index in [0.717, 1.165) is 11.3 Å². The van der Waals surface area contributed by atoms with E-state index in [1.165, 1.54) is 33.4 Å². The van der Waals surface area contributed by atoms with Crippen molar-refractivity contribution in [1.29, 1.82) is 0 Å². The van der Waals surface area contributed by atoms with Gasteiger partial charge in [-0.25, -0.2) is 0 Å². The first-order valence-electron chi connectivity index (χ1n) is 8.11. The van der Waals surface area contributed by atoms with Gasteiger partial charge in [-0.15, -0.1) is 0 Å². The highest BCUT2D eigenvalue weighted by Crippen LogP contribution is 2.33. The Balaban J connectivity index is 2.02. The molecule has 3 rings (SSSR count). The molecule has 0 aromatic heterocycles.